The van der Waals surface area contributed by atoms with Crippen LogP contribution in [0.25, 0.3) is 0 Å². The molecule has 0 radical (unpaired) electrons. The van der Waals surface area contributed by atoms with Gasteiger partial charge in [0.25, 0.3) is 15.9 Å². The summed E-state index contributed by atoms with van der Waals surface area (Å²) in [4.78, 5) is 12.8. The molecular formula is C16H13F2N3O4S. The summed E-state index contributed by atoms with van der Waals surface area (Å²) >= 11 is 0. The molecule has 0 unspecified atom stereocenters. The largest absolute Gasteiger partial charge is 0.481 e. The molecule has 0 aliphatic rings. The molecule has 0 heterocycles. The van der Waals surface area contributed by atoms with E-state index in [1.807, 2.05) is 11.5 Å². The quantitative estimate of drug-likeness (QED) is 0.739. The highest BCUT2D eigenvalue weighted by molar-refractivity contribution is 7.89. The number of nitrogens with zero attached hydrogens (tertiary/aromatic N) is 1. The Kier molecular flexibility index (Phi) is 5.86. The van der Waals surface area contributed by atoms with Crippen LogP contribution < -0.4 is 15.0 Å². The highest BCUT2D eigenvalue weighted by Crippen LogP contribution is 2.15. The minimum absolute atomic E-state index is 0.291. The van der Waals surface area contributed by atoms with Crippen LogP contribution in [0.5, 0.6) is 5.75 Å². The van der Waals surface area contributed by atoms with E-state index in [0.29, 0.717) is 17.4 Å². The van der Waals surface area contributed by atoms with Crippen molar-refractivity contribution in [1.29, 1.82) is 5.26 Å². The normalized spacial score (nSPS) is 12.1. The molecule has 0 saturated heterocycles. The standard InChI is InChI=1S/C16H13F2N3O4S/c1-10(25-13-5-2-11(9-19)3-6-13)16(22)20-21-26(23,24)15-7-4-12(17)8-14(15)18/h2-8,10,21H,1H3,(H,20,22)/t10-/m1/s1. The second kappa shape index (κ2) is 7.90. The number of halogens is 2. The van der Waals surface area contributed by atoms with Crippen molar-refractivity contribution in [3.8, 4) is 11.8 Å². The second-order valence-corrected chi connectivity index (χ2v) is 6.72. The van der Waals surface area contributed by atoms with Crippen LogP contribution in [0, 0.1) is 23.0 Å². The van der Waals surface area contributed by atoms with Gasteiger partial charge >= 0.3 is 0 Å². The van der Waals surface area contributed by atoms with Crippen LogP contribution in [0.4, 0.5) is 8.78 Å². The van der Waals surface area contributed by atoms with Crippen LogP contribution in [-0.2, 0) is 14.8 Å². The van der Waals surface area contributed by atoms with Crippen molar-refractivity contribution in [1.82, 2.24) is 10.3 Å². The minimum atomic E-state index is -4.43. The molecule has 0 aliphatic carbocycles. The van der Waals surface area contributed by atoms with Gasteiger partial charge in [-0.3, -0.25) is 10.2 Å². The Morgan fingerprint density at radius 1 is 1.19 bits per heavy atom. The molecule has 136 valence electrons. The number of ether oxygens (including phenoxy) is 1. The van der Waals surface area contributed by atoms with E-state index in [-0.39, 0.29) is 0 Å². The maximum absolute atomic E-state index is 13.6. The van der Waals surface area contributed by atoms with Gasteiger partial charge in [0.1, 0.15) is 22.3 Å². The molecule has 0 saturated carbocycles. The lowest BCUT2D eigenvalue weighted by molar-refractivity contribution is -0.127. The topological polar surface area (TPSA) is 108 Å². The molecule has 1 atom stereocenters. The minimum Gasteiger partial charge on any atom is -0.481 e. The number of nitrogens with one attached hydrogen (secondary N) is 2. The Bertz CT molecular complexity index is 956. The zero-order valence-electron chi connectivity index (χ0n) is 13.4. The Labute approximate surface area is 148 Å². The van der Waals surface area contributed by atoms with Crippen LogP contribution in [0.2, 0.25) is 0 Å². The van der Waals surface area contributed by atoms with Gasteiger partial charge in [0, 0.05) is 6.07 Å². The third kappa shape index (κ3) is 4.75. The zero-order chi connectivity index (χ0) is 19.3. The van der Waals surface area contributed by atoms with Gasteiger partial charge in [-0.2, -0.15) is 5.26 Å². The number of carbonyl (C=O) groups is 1. The molecule has 1 amide bonds. The smallest absolute Gasteiger partial charge is 0.275 e. The lowest BCUT2D eigenvalue weighted by Crippen LogP contribution is -2.47. The molecule has 2 rings (SSSR count). The first-order chi connectivity index (χ1) is 12.2. The van der Waals surface area contributed by atoms with Crippen molar-refractivity contribution in [2.45, 2.75) is 17.9 Å². The van der Waals surface area contributed by atoms with Gasteiger partial charge < -0.3 is 4.74 Å². The molecule has 26 heavy (non-hydrogen) atoms. The first kappa shape index (κ1) is 19.3. The van der Waals surface area contributed by atoms with Crippen LogP contribution in [-0.4, -0.2) is 20.4 Å². The summed E-state index contributed by atoms with van der Waals surface area (Å²) < 4.78 is 55.6. The second-order valence-electron chi connectivity index (χ2n) is 5.07. The number of amides is 1. The van der Waals surface area contributed by atoms with E-state index in [1.165, 1.54) is 31.2 Å². The Hall–Kier alpha value is -3.03. The van der Waals surface area contributed by atoms with Crippen molar-refractivity contribution in [3.63, 3.8) is 0 Å². The number of sulfonamides is 1. The maximum atomic E-state index is 13.6. The summed E-state index contributed by atoms with van der Waals surface area (Å²) in [7, 11) is -4.43. The van der Waals surface area contributed by atoms with E-state index in [1.54, 1.807) is 4.83 Å². The van der Waals surface area contributed by atoms with Gasteiger partial charge in [0.2, 0.25) is 0 Å². The fourth-order valence-corrected chi connectivity index (χ4v) is 2.74. The Morgan fingerprint density at radius 3 is 2.42 bits per heavy atom. The van der Waals surface area contributed by atoms with Crippen molar-refractivity contribution in [2.24, 2.45) is 0 Å². The number of hydrogen-bond donors (Lipinski definition) is 2. The molecule has 0 fully saturated rings. The van der Waals surface area contributed by atoms with E-state index >= 15 is 0 Å². The van der Waals surface area contributed by atoms with E-state index in [2.05, 4.69) is 0 Å². The summed E-state index contributed by atoms with van der Waals surface area (Å²) in [5.74, 6) is -2.79. The summed E-state index contributed by atoms with van der Waals surface area (Å²) in [5, 5.41) is 8.71. The van der Waals surface area contributed by atoms with E-state index in [9.17, 15) is 22.0 Å². The molecule has 10 heteroatoms. The predicted molar refractivity (Wildman–Crippen MR) is 86.1 cm³/mol. The third-order valence-electron chi connectivity index (χ3n) is 3.16. The lowest BCUT2D eigenvalue weighted by Gasteiger charge is -2.15. The Morgan fingerprint density at radius 2 is 1.85 bits per heavy atom. The van der Waals surface area contributed by atoms with Gasteiger partial charge in [-0.05, 0) is 43.3 Å². The van der Waals surface area contributed by atoms with Crippen molar-refractivity contribution >= 4 is 15.9 Å². The van der Waals surface area contributed by atoms with Gasteiger partial charge in [-0.1, -0.05) is 0 Å². The van der Waals surface area contributed by atoms with Crippen molar-refractivity contribution in [3.05, 3.63) is 59.7 Å². The van der Waals surface area contributed by atoms with Gasteiger partial charge in [0.05, 0.1) is 11.6 Å². The molecule has 2 N–H and O–H groups in total. The summed E-state index contributed by atoms with van der Waals surface area (Å²) in [6, 6.07) is 9.76. The average Bonchev–Trinajstić information content (AvgIpc) is 2.60. The van der Waals surface area contributed by atoms with Crippen LogP contribution in [0.1, 0.15) is 12.5 Å². The maximum Gasteiger partial charge on any atom is 0.275 e. The molecule has 0 aliphatic heterocycles. The molecule has 2 aromatic carbocycles. The molecule has 0 aromatic heterocycles. The SMILES string of the molecule is C[C@@H](Oc1ccc(C#N)cc1)C(=O)NNS(=O)(=O)c1ccc(F)cc1F. The first-order valence-corrected chi connectivity index (χ1v) is 8.65. The fraction of sp³-hybridized carbons (Fsp3) is 0.125. The number of carbonyl (C=O) groups excluding carboxylic acids is 1. The Balaban J connectivity index is 1.99. The molecule has 7 nitrogen and oxygen atoms in total. The summed E-state index contributed by atoms with van der Waals surface area (Å²) in [6.07, 6.45) is -1.09. The van der Waals surface area contributed by atoms with E-state index in [4.69, 9.17) is 10.00 Å². The predicted octanol–water partition coefficient (Wildman–Crippen LogP) is 1.61. The first-order valence-electron chi connectivity index (χ1n) is 7.16. The molecule has 2 aromatic rings. The number of hydrazine groups is 1. The fourth-order valence-electron chi connectivity index (χ4n) is 1.83. The van der Waals surface area contributed by atoms with Crippen LogP contribution in [0.15, 0.2) is 47.4 Å². The van der Waals surface area contributed by atoms with Crippen LogP contribution in [0.3, 0.4) is 0 Å². The molecular weight excluding hydrogens is 368 g/mol. The number of rotatable bonds is 6. The van der Waals surface area contributed by atoms with Gasteiger partial charge in [-0.25, -0.2) is 17.2 Å². The third-order valence-corrected chi connectivity index (χ3v) is 4.44. The highest BCUT2D eigenvalue weighted by Gasteiger charge is 2.22. The zero-order valence-corrected chi connectivity index (χ0v) is 14.2. The monoisotopic (exact) mass is 381 g/mol. The van der Waals surface area contributed by atoms with E-state index in [0.717, 1.165) is 12.1 Å². The number of nitriles is 1. The number of benzene rings is 2. The molecule has 0 spiro atoms. The van der Waals surface area contributed by atoms with Gasteiger partial charge in [-0.15, -0.1) is 4.83 Å². The number of hydrogen-bond acceptors (Lipinski definition) is 5. The lowest BCUT2D eigenvalue weighted by atomic mass is 10.2. The van der Waals surface area contributed by atoms with Crippen molar-refractivity contribution < 1.29 is 26.7 Å². The van der Waals surface area contributed by atoms with Crippen LogP contribution >= 0.6 is 0 Å². The molecule has 0 bridgehead atoms. The summed E-state index contributed by atoms with van der Waals surface area (Å²) in [5.41, 5.74) is 2.30. The van der Waals surface area contributed by atoms with Gasteiger partial charge in [0.15, 0.2) is 6.10 Å². The summed E-state index contributed by atoms with van der Waals surface area (Å²) in [6.45, 7) is 1.36. The van der Waals surface area contributed by atoms with Crippen molar-refractivity contribution in [2.75, 3.05) is 0 Å². The average molecular weight is 381 g/mol. The highest BCUT2D eigenvalue weighted by atomic mass is 32.2. The van der Waals surface area contributed by atoms with E-state index < -0.39 is 38.6 Å².